The third-order valence-electron chi connectivity index (χ3n) is 3.68. The molecular weight excluding hydrogens is 250 g/mol. The van der Waals surface area contributed by atoms with Crippen molar-refractivity contribution in [2.45, 2.75) is 13.1 Å². The van der Waals surface area contributed by atoms with Crippen LogP contribution in [0, 0.1) is 0 Å². The van der Waals surface area contributed by atoms with Crippen molar-refractivity contribution < 1.29 is 4.79 Å². The van der Waals surface area contributed by atoms with Gasteiger partial charge in [0.1, 0.15) is 0 Å². The van der Waals surface area contributed by atoms with E-state index in [9.17, 15) is 4.79 Å². The molecule has 0 aliphatic carbocycles. The first-order valence-corrected chi connectivity index (χ1v) is 7.06. The van der Waals surface area contributed by atoms with Crippen LogP contribution in [0.25, 0.3) is 0 Å². The third-order valence-corrected chi connectivity index (χ3v) is 3.68. The van der Waals surface area contributed by atoms with Gasteiger partial charge in [0.05, 0.1) is 0 Å². The van der Waals surface area contributed by atoms with Gasteiger partial charge in [0.15, 0.2) is 0 Å². The van der Waals surface area contributed by atoms with E-state index in [4.69, 9.17) is 0 Å². The van der Waals surface area contributed by atoms with E-state index in [2.05, 4.69) is 53.0 Å². The normalized spacial score (nSPS) is 16.9. The van der Waals surface area contributed by atoms with Crippen LogP contribution < -0.4 is 5.32 Å². The van der Waals surface area contributed by atoms with Crippen molar-refractivity contribution in [1.82, 2.24) is 15.1 Å². The first-order chi connectivity index (χ1) is 9.67. The minimum atomic E-state index is -0.133. The maximum absolute atomic E-state index is 11.1. The molecule has 108 valence electrons. The molecule has 1 heterocycles. The fourth-order valence-corrected chi connectivity index (χ4v) is 2.29. The largest absolute Gasteiger partial charge is 0.348 e. The van der Waals surface area contributed by atoms with Crippen molar-refractivity contribution in [1.29, 1.82) is 0 Å². The molecule has 1 fully saturated rings. The monoisotopic (exact) mass is 273 g/mol. The van der Waals surface area contributed by atoms with E-state index in [1.807, 2.05) is 0 Å². The number of piperazine rings is 1. The van der Waals surface area contributed by atoms with Gasteiger partial charge < -0.3 is 10.2 Å². The molecule has 1 aromatic rings. The van der Waals surface area contributed by atoms with Gasteiger partial charge in [-0.15, -0.1) is 0 Å². The summed E-state index contributed by atoms with van der Waals surface area (Å²) in [5.74, 6) is -0.133. The summed E-state index contributed by atoms with van der Waals surface area (Å²) in [5, 5.41) is 2.78. The summed E-state index contributed by atoms with van der Waals surface area (Å²) in [6, 6.07) is 8.45. The number of carbonyl (C=O) groups excluding carboxylic acids is 1. The Morgan fingerprint density at radius 1 is 1.20 bits per heavy atom. The first-order valence-electron chi connectivity index (χ1n) is 7.06. The lowest BCUT2D eigenvalue weighted by Gasteiger charge is -2.32. The fourth-order valence-electron chi connectivity index (χ4n) is 2.29. The fraction of sp³-hybridized carbons (Fsp3) is 0.438. The van der Waals surface area contributed by atoms with Crippen LogP contribution in [0.3, 0.4) is 0 Å². The highest BCUT2D eigenvalue weighted by molar-refractivity contribution is 5.86. The Morgan fingerprint density at radius 3 is 2.40 bits per heavy atom. The molecule has 0 spiro atoms. The number of rotatable bonds is 5. The Kier molecular flexibility index (Phi) is 5.32. The molecule has 1 aromatic carbocycles. The topological polar surface area (TPSA) is 35.6 Å². The van der Waals surface area contributed by atoms with E-state index in [-0.39, 0.29) is 5.91 Å². The Morgan fingerprint density at radius 2 is 1.80 bits per heavy atom. The van der Waals surface area contributed by atoms with Gasteiger partial charge in [-0.05, 0) is 24.3 Å². The second-order valence-corrected chi connectivity index (χ2v) is 5.32. The van der Waals surface area contributed by atoms with Crippen molar-refractivity contribution in [2.24, 2.45) is 0 Å². The molecule has 1 N–H and O–H groups in total. The number of hydrogen-bond acceptors (Lipinski definition) is 3. The molecule has 4 heteroatoms. The molecule has 0 aromatic heterocycles. The van der Waals surface area contributed by atoms with E-state index in [1.165, 1.54) is 11.6 Å². The summed E-state index contributed by atoms with van der Waals surface area (Å²) in [5.41, 5.74) is 2.44. The lowest BCUT2D eigenvalue weighted by atomic mass is 10.1. The van der Waals surface area contributed by atoms with Crippen LogP contribution in [0.4, 0.5) is 0 Å². The Hall–Kier alpha value is -1.65. The van der Waals surface area contributed by atoms with Crippen molar-refractivity contribution >= 4 is 5.91 Å². The molecule has 1 aliphatic heterocycles. The van der Waals surface area contributed by atoms with Crippen LogP contribution in [-0.4, -0.2) is 48.9 Å². The number of nitrogens with zero attached hydrogens (tertiary/aromatic N) is 2. The van der Waals surface area contributed by atoms with E-state index < -0.39 is 0 Å². The second-order valence-electron chi connectivity index (χ2n) is 5.32. The van der Waals surface area contributed by atoms with Gasteiger partial charge >= 0.3 is 0 Å². The number of carbonyl (C=O) groups is 1. The van der Waals surface area contributed by atoms with Crippen LogP contribution in [-0.2, 0) is 17.9 Å². The predicted octanol–water partition coefficient (Wildman–Crippen LogP) is 1.24. The average Bonchev–Trinajstić information content (AvgIpc) is 2.48. The number of amides is 1. The van der Waals surface area contributed by atoms with Crippen LogP contribution in [0.2, 0.25) is 0 Å². The van der Waals surface area contributed by atoms with Crippen LogP contribution >= 0.6 is 0 Å². The second kappa shape index (κ2) is 7.22. The van der Waals surface area contributed by atoms with Gasteiger partial charge in [-0.3, -0.25) is 9.69 Å². The average molecular weight is 273 g/mol. The van der Waals surface area contributed by atoms with E-state index >= 15 is 0 Å². The minimum absolute atomic E-state index is 0.133. The summed E-state index contributed by atoms with van der Waals surface area (Å²) >= 11 is 0. The Balaban J connectivity index is 1.82. The molecule has 2 rings (SSSR count). The highest BCUT2D eigenvalue weighted by Crippen LogP contribution is 2.09. The van der Waals surface area contributed by atoms with Crippen molar-refractivity contribution in [3.8, 4) is 0 Å². The molecule has 1 saturated heterocycles. The van der Waals surface area contributed by atoms with Crippen LogP contribution in [0.5, 0.6) is 0 Å². The third kappa shape index (κ3) is 4.47. The molecule has 1 amide bonds. The molecule has 0 radical (unpaired) electrons. The summed E-state index contributed by atoms with van der Waals surface area (Å²) in [4.78, 5) is 15.9. The predicted molar refractivity (Wildman–Crippen MR) is 81.3 cm³/mol. The highest BCUT2D eigenvalue weighted by Gasteiger charge is 2.13. The summed E-state index contributed by atoms with van der Waals surface area (Å²) < 4.78 is 0. The lowest BCUT2D eigenvalue weighted by Crippen LogP contribution is -2.43. The van der Waals surface area contributed by atoms with E-state index in [1.54, 1.807) is 0 Å². The van der Waals surface area contributed by atoms with E-state index in [0.717, 1.165) is 38.3 Å². The highest BCUT2D eigenvalue weighted by atomic mass is 16.1. The van der Waals surface area contributed by atoms with Crippen LogP contribution in [0.1, 0.15) is 11.1 Å². The smallest absolute Gasteiger partial charge is 0.243 e. The number of nitrogens with one attached hydrogen (secondary N) is 1. The van der Waals surface area contributed by atoms with Crippen molar-refractivity contribution in [3.05, 3.63) is 48.0 Å². The molecule has 0 unspecified atom stereocenters. The molecular formula is C16H23N3O. The number of hydrogen-bond donors (Lipinski definition) is 1. The van der Waals surface area contributed by atoms with E-state index in [0.29, 0.717) is 6.54 Å². The summed E-state index contributed by atoms with van der Waals surface area (Å²) in [6.45, 7) is 9.55. The Labute approximate surface area is 121 Å². The molecule has 4 nitrogen and oxygen atoms in total. The molecule has 0 atom stereocenters. The maximum atomic E-state index is 11.1. The quantitative estimate of drug-likeness (QED) is 0.820. The summed E-state index contributed by atoms with van der Waals surface area (Å²) in [6.07, 6.45) is 1.29. The zero-order chi connectivity index (χ0) is 14.4. The zero-order valence-corrected chi connectivity index (χ0v) is 12.1. The van der Waals surface area contributed by atoms with Gasteiger partial charge in [-0.1, -0.05) is 30.8 Å². The van der Waals surface area contributed by atoms with Crippen molar-refractivity contribution in [2.75, 3.05) is 33.2 Å². The molecule has 0 bridgehead atoms. The van der Waals surface area contributed by atoms with Gasteiger partial charge in [0.2, 0.25) is 5.91 Å². The summed E-state index contributed by atoms with van der Waals surface area (Å²) in [7, 11) is 2.17. The van der Waals surface area contributed by atoms with Gasteiger partial charge in [-0.25, -0.2) is 0 Å². The van der Waals surface area contributed by atoms with Crippen molar-refractivity contribution in [3.63, 3.8) is 0 Å². The lowest BCUT2D eigenvalue weighted by molar-refractivity contribution is -0.116. The standard InChI is InChI=1S/C16H23N3O/c1-3-16(20)17-12-14-4-6-15(7-5-14)13-19-10-8-18(2)9-11-19/h3-7H,1,8-13H2,2H3,(H,17,20). The Bertz CT molecular complexity index is 447. The van der Waals surface area contributed by atoms with Gasteiger partial charge in [-0.2, -0.15) is 0 Å². The molecule has 20 heavy (non-hydrogen) atoms. The van der Waals surface area contributed by atoms with Crippen LogP contribution in [0.15, 0.2) is 36.9 Å². The van der Waals surface area contributed by atoms with Gasteiger partial charge in [0, 0.05) is 39.3 Å². The SMILES string of the molecule is C=CC(=O)NCc1ccc(CN2CCN(C)CC2)cc1. The number of benzene rings is 1. The van der Waals surface area contributed by atoms with Gasteiger partial charge in [0.25, 0.3) is 0 Å². The molecule has 1 aliphatic rings. The maximum Gasteiger partial charge on any atom is 0.243 e. The first kappa shape index (κ1) is 14.8. The zero-order valence-electron chi connectivity index (χ0n) is 12.1. The number of likely N-dealkylation sites (N-methyl/N-ethyl adjacent to an activating group) is 1. The minimum Gasteiger partial charge on any atom is -0.348 e. The molecule has 0 saturated carbocycles.